The minimum atomic E-state index is -0.798. The Kier molecular flexibility index (Phi) is 57.9. The van der Waals surface area contributed by atoms with Gasteiger partial charge in [0.05, 0.1) is 0 Å². The molecule has 74 heavy (non-hydrogen) atoms. The van der Waals surface area contributed by atoms with Crippen LogP contribution in [-0.4, -0.2) is 37.2 Å². The quantitative estimate of drug-likeness (QED) is 0.0261. The smallest absolute Gasteiger partial charge is 0.306 e. The first kappa shape index (κ1) is 69.8. The molecule has 1 unspecified atom stereocenters. The third-order valence-corrected chi connectivity index (χ3v) is 12.7. The maximum Gasteiger partial charge on any atom is 0.306 e. The summed E-state index contributed by atoms with van der Waals surface area (Å²) >= 11 is 0. The molecule has 6 nitrogen and oxygen atoms in total. The summed E-state index contributed by atoms with van der Waals surface area (Å²) < 4.78 is 16.8. The molecule has 0 amide bonds. The van der Waals surface area contributed by atoms with E-state index in [1.54, 1.807) is 0 Å². The van der Waals surface area contributed by atoms with E-state index < -0.39 is 6.10 Å². The van der Waals surface area contributed by atoms with Gasteiger partial charge in [0.2, 0.25) is 0 Å². The van der Waals surface area contributed by atoms with Gasteiger partial charge in [-0.1, -0.05) is 264 Å². The topological polar surface area (TPSA) is 78.9 Å². The number of ether oxygens (including phenoxy) is 3. The van der Waals surface area contributed by atoms with Crippen LogP contribution < -0.4 is 0 Å². The number of carbonyl (C=O) groups excluding carboxylic acids is 3. The summed E-state index contributed by atoms with van der Waals surface area (Å²) in [5, 5.41) is 0. The summed E-state index contributed by atoms with van der Waals surface area (Å²) in [5.41, 5.74) is 0. The molecule has 6 heteroatoms. The predicted molar refractivity (Wildman–Crippen MR) is 320 cm³/mol. The lowest BCUT2D eigenvalue weighted by Gasteiger charge is -2.18. The van der Waals surface area contributed by atoms with E-state index in [-0.39, 0.29) is 31.1 Å². The number of allylic oxidation sites excluding steroid dienone is 20. The largest absolute Gasteiger partial charge is 0.462 e. The molecule has 0 aliphatic carbocycles. The third-order valence-electron chi connectivity index (χ3n) is 12.7. The zero-order valence-corrected chi connectivity index (χ0v) is 48.1. The van der Waals surface area contributed by atoms with E-state index in [4.69, 9.17) is 14.2 Å². The van der Waals surface area contributed by atoms with Crippen molar-refractivity contribution in [2.24, 2.45) is 0 Å². The van der Waals surface area contributed by atoms with Crippen LogP contribution in [0.15, 0.2) is 122 Å². The molecular weight excluding hydrogens is 913 g/mol. The van der Waals surface area contributed by atoms with Crippen LogP contribution in [0.5, 0.6) is 0 Å². The predicted octanol–water partition coefficient (Wildman–Crippen LogP) is 20.8. The summed E-state index contributed by atoms with van der Waals surface area (Å²) in [6, 6.07) is 0. The second-order valence-electron chi connectivity index (χ2n) is 19.9. The molecule has 0 aliphatic rings. The fourth-order valence-corrected chi connectivity index (χ4v) is 8.12. The normalized spacial score (nSPS) is 13.0. The zero-order valence-electron chi connectivity index (χ0n) is 48.1. The molecule has 0 heterocycles. The second kappa shape index (κ2) is 61.4. The maximum atomic E-state index is 12.8. The van der Waals surface area contributed by atoms with E-state index in [9.17, 15) is 14.4 Å². The molecule has 0 bridgehead atoms. The van der Waals surface area contributed by atoms with E-state index in [1.165, 1.54) is 83.5 Å². The highest BCUT2D eigenvalue weighted by Crippen LogP contribution is 2.15. The summed E-state index contributed by atoms with van der Waals surface area (Å²) in [5.74, 6) is -0.931. The van der Waals surface area contributed by atoms with Crippen molar-refractivity contribution >= 4 is 17.9 Å². The molecule has 0 fully saturated rings. The Bertz CT molecular complexity index is 1550. The molecule has 0 aromatic carbocycles. The van der Waals surface area contributed by atoms with Crippen LogP contribution in [0.3, 0.4) is 0 Å². The molecule has 420 valence electrons. The molecule has 0 saturated heterocycles. The molecule has 0 aromatic heterocycles. The average molecular weight is 1030 g/mol. The van der Waals surface area contributed by atoms with Gasteiger partial charge in [-0.25, -0.2) is 0 Å². The van der Waals surface area contributed by atoms with E-state index in [1.807, 2.05) is 0 Å². The average Bonchev–Trinajstić information content (AvgIpc) is 3.40. The first-order chi connectivity index (χ1) is 36.5. The van der Waals surface area contributed by atoms with Gasteiger partial charge < -0.3 is 14.2 Å². The minimum Gasteiger partial charge on any atom is -0.462 e. The lowest BCUT2D eigenvalue weighted by atomic mass is 10.0. The molecule has 0 aliphatic heterocycles. The number of carbonyl (C=O) groups is 3. The molecule has 0 N–H and O–H groups in total. The number of hydrogen-bond acceptors (Lipinski definition) is 6. The van der Waals surface area contributed by atoms with Crippen molar-refractivity contribution in [3.63, 3.8) is 0 Å². The van der Waals surface area contributed by atoms with Crippen molar-refractivity contribution in [2.45, 2.75) is 277 Å². The summed E-state index contributed by atoms with van der Waals surface area (Å²) in [7, 11) is 0. The van der Waals surface area contributed by atoms with Crippen molar-refractivity contribution in [1.29, 1.82) is 0 Å². The molecule has 0 spiro atoms. The van der Waals surface area contributed by atoms with Crippen LogP contribution in [0.4, 0.5) is 0 Å². The number of esters is 3. The van der Waals surface area contributed by atoms with Crippen LogP contribution in [0.1, 0.15) is 271 Å². The zero-order chi connectivity index (χ0) is 53.6. The number of hydrogen-bond donors (Lipinski definition) is 0. The van der Waals surface area contributed by atoms with Gasteiger partial charge in [-0.3, -0.25) is 14.4 Å². The highest BCUT2D eigenvalue weighted by atomic mass is 16.6. The summed E-state index contributed by atoms with van der Waals surface area (Å²) in [6.45, 7) is 6.45. The van der Waals surface area contributed by atoms with E-state index in [0.717, 1.165) is 148 Å². The standard InChI is InChI=1S/C68H112O6/c1-4-7-10-13-16-19-22-25-27-28-29-30-31-32-33-34-35-36-37-38-39-40-41-44-46-49-52-55-58-61-67(70)73-64-65(63-72-66(69)60-57-54-51-48-45-42-24-21-18-15-12-9-6-3)74-68(71)62-59-56-53-50-47-43-26-23-20-17-14-11-8-5-2/h7,10,14,16-17,19,23,25-27,29-30,32-33,35-36,38-39,41,44,65H,4-6,8-9,11-13,15,18,20-22,24,28,31,34,37,40,42-43,45-64H2,1-3H3/b10-7-,17-14-,19-16-,26-23-,27-25-,30-29-,33-32-,36-35-,39-38-,44-41-. The Labute approximate surface area is 456 Å². The molecular formula is C68H112O6. The van der Waals surface area contributed by atoms with Crippen LogP contribution >= 0.6 is 0 Å². The van der Waals surface area contributed by atoms with Gasteiger partial charge in [0.25, 0.3) is 0 Å². The number of rotatable bonds is 54. The monoisotopic (exact) mass is 1020 g/mol. The Morgan fingerprint density at radius 1 is 0.284 bits per heavy atom. The lowest BCUT2D eigenvalue weighted by molar-refractivity contribution is -0.167. The third kappa shape index (κ3) is 58.7. The van der Waals surface area contributed by atoms with Gasteiger partial charge in [-0.2, -0.15) is 0 Å². The molecule has 0 saturated carbocycles. The Morgan fingerprint density at radius 3 is 0.865 bits per heavy atom. The van der Waals surface area contributed by atoms with Crippen molar-refractivity contribution in [3.05, 3.63) is 122 Å². The molecule has 0 radical (unpaired) electrons. The Balaban J connectivity index is 4.37. The first-order valence-electron chi connectivity index (χ1n) is 30.5. The van der Waals surface area contributed by atoms with Gasteiger partial charge >= 0.3 is 17.9 Å². The van der Waals surface area contributed by atoms with Crippen LogP contribution in [0.2, 0.25) is 0 Å². The van der Waals surface area contributed by atoms with Gasteiger partial charge in [0, 0.05) is 19.3 Å². The SMILES string of the molecule is CC/C=C\C/C=C\C/C=C\C/C=C\C/C=C\C/C=C\C/C=C\C/C=C\CCCCCCC(=O)OCC(COC(=O)CCCCCCCCCCCCCCC)OC(=O)CCCCCCC/C=C\C/C=C\CCCC. The van der Waals surface area contributed by atoms with Crippen molar-refractivity contribution in [2.75, 3.05) is 13.2 Å². The highest BCUT2D eigenvalue weighted by molar-refractivity contribution is 5.71. The van der Waals surface area contributed by atoms with Crippen LogP contribution in [0, 0.1) is 0 Å². The van der Waals surface area contributed by atoms with Crippen molar-refractivity contribution in [1.82, 2.24) is 0 Å². The highest BCUT2D eigenvalue weighted by Gasteiger charge is 2.19. The first-order valence-corrected chi connectivity index (χ1v) is 30.5. The Hall–Kier alpha value is -4.19. The molecule has 0 rings (SSSR count). The molecule has 0 aromatic rings. The van der Waals surface area contributed by atoms with Crippen LogP contribution in [-0.2, 0) is 28.6 Å². The van der Waals surface area contributed by atoms with Crippen molar-refractivity contribution in [3.8, 4) is 0 Å². The van der Waals surface area contributed by atoms with Crippen LogP contribution in [0.25, 0.3) is 0 Å². The maximum absolute atomic E-state index is 12.8. The minimum absolute atomic E-state index is 0.0921. The number of unbranched alkanes of at least 4 members (excludes halogenated alkanes) is 23. The fraction of sp³-hybridized carbons (Fsp3) is 0.662. The molecule has 1 atom stereocenters. The van der Waals surface area contributed by atoms with Gasteiger partial charge in [-0.05, 0) is 109 Å². The summed E-state index contributed by atoms with van der Waals surface area (Å²) in [6.07, 6.45) is 84.8. The summed E-state index contributed by atoms with van der Waals surface area (Å²) in [4.78, 5) is 38.2. The van der Waals surface area contributed by atoms with Crippen molar-refractivity contribution < 1.29 is 28.6 Å². The van der Waals surface area contributed by atoms with E-state index in [2.05, 4.69) is 142 Å². The van der Waals surface area contributed by atoms with Gasteiger partial charge in [0.15, 0.2) is 6.10 Å². The second-order valence-corrected chi connectivity index (χ2v) is 19.9. The van der Waals surface area contributed by atoms with Gasteiger partial charge in [-0.15, -0.1) is 0 Å². The van der Waals surface area contributed by atoms with E-state index >= 15 is 0 Å². The van der Waals surface area contributed by atoms with E-state index in [0.29, 0.717) is 19.3 Å². The van der Waals surface area contributed by atoms with Gasteiger partial charge in [0.1, 0.15) is 13.2 Å². The Morgan fingerprint density at radius 2 is 0.541 bits per heavy atom. The lowest BCUT2D eigenvalue weighted by Crippen LogP contribution is -2.30. The fourth-order valence-electron chi connectivity index (χ4n) is 8.12.